The van der Waals surface area contributed by atoms with Crippen LogP contribution in [0.4, 0.5) is 0 Å². The Labute approximate surface area is 236 Å². The van der Waals surface area contributed by atoms with E-state index in [0.29, 0.717) is 17.0 Å². The molecule has 1 fully saturated rings. The second kappa shape index (κ2) is 15.9. The molecule has 2 aliphatic heterocycles. The van der Waals surface area contributed by atoms with Gasteiger partial charge in [-0.25, -0.2) is 5.01 Å². The van der Waals surface area contributed by atoms with Crippen LogP contribution in [-0.4, -0.2) is 21.8 Å². The van der Waals surface area contributed by atoms with E-state index in [1.807, 2.05) is 43.3 Å². The van der Waals surface area contributed by atoms with Crippen LogP contribution in [0.1, 0.15) is 109 Å². The third-order valence-corrected chi connectivity index (χ3v) is 6.69. The van der Waals surface area contributed by atoms with Gasteiger partial charge in [-0.05, 0) is 122 Å². The van der Waals surface area contributed by atoms with Crippen molar-refractivity contribution >= 4 is 5.71 Å². The van der Waals surface area contributed by atoms with Crippen molar-refractivity contribution in [3.05, 3.63) is 83.8 Å². The van der Waals surface area contributed by atoms with Gasteiger partial charge in [-0.3, -0.25) is 0 Å². The van der Waals surface area contributed by atoms with E-state index in [4.69, 9.17) is 5.10 Å². The van der Waals surface area contributed by atoms with Gasteiger partial charge < -0.3 is 5.32 Å². The summed E-state index contributed by atoms with van der Waals surface area (Å²) in [5, 5.41) is 10.2. The lowest BCUT2D eigenvalue weighted by atomic mass is 9.77. The molecule has 0 aromatic carbocycles. The largest absolute Gasteiger partial charge is 0.307 e. The van der Waals surface area contributed by atoms with Crippen molar-refractivity contribution in [1.82, 2.24) is 10.3 Å². The van der Waals surface area contributed by atoms with E-state index in [0.717, 1.165) is 29.3 Å². The lowest BCUT2D eigenvalue weighted by Crippen LogP contribution is -2.57. The third-order valence-electron chi connectivity index (χ3n) is 6.69. The van der Waals surface area contributed by atoms with Crippen LogP contribution in [0.2, 0.25) is 0 Å². The maximum atomic E-state index is 4.71. The Morgan fingerprint density at radius 2 is 1.61 bits per heavy atom. The van der Waals surface area contributed by atoms with Gasteiger partial charge in [-0.15, -0.1) is 0 Å². The predicted octanol–water partition coefficient (Wildman–Crippen LogP) is 10.3. The first-order valence-electron chi connectivity index (χ1n) is 14.3. The standard InChI is InChI=1S/C23H32N2.C10H21N.C2H6/c1-10-18(6)22(13-19(7)17(4)5)14-20(8)23-12-11-21(9)25(24-23)15-16(2)3;1-8-6-9(2,3)11-10(4,5)7-8;1-2/h10-12,14-15,19H,1,4,9,13H2,2-3,5-8H3;8,11H,6-7H2,1-5H3;1-2H3/b20-14+,22-18-;;. The van der Waals surface area contributed by atoms with Crippen molar-refractivity contribution in [2.75, 3.05) is 0 Å². The van der Waals surface area contributed by atoms with Gasteiger partial charge in [-0.2, -0.15) is 5.10 Å². The lowest BCUT2D eigenvalue weighted by Gasteiger charge is -2.45. The normalized spacial score (nSPS) is 20.0. The quantitative estimate of drug-likeness (QED) is 0.266. The van der Waals surface area contributed by atoms with Crippen LogP contribution >= 0.6 is 0 Å². The molecule has 0 aromatic heterocycles. The van der Waals surface area contributed by atoms with Crippen LogP contribution in [0.5, 0.6) is 0 Å². The summed E-state index contributed by atoms with van der Waals surface area (Å²) in [6.45, 7) is 40.2. The third kappa shape index (κ3) is 12.9. The fourth-order valence-corrected chi connectivity index (χ4v) is 5.17. The van der Waals surface area contributed by atoms with Crippen LogP contribution < -0.4 is 5.32 Å². The van der Waals surface area contributed by atoms with Crippen molar-refractivity contribution in [2.45, 2.75) is 120 Å². The summed E-state index contributed by atoms with van der Waals surface area (Å²) in [4.78, 5) is 0. The summed E-state index contributed by atoms with van der Waals surface area (Å²) >= 11 is 0. The van der Waals surface area contributed by atoms with Crippen LogP contribution in [0.3, 0.4) is 0 Å². The zero-order chi connectivity index (χ0) is 29.8. The fraction of sp³-hybridized carbons (Fsp3) is 0.571. The summed E-state index contributed by atoms with van der Waals surface area (Å²) in [7, 11) is 0. The Hall–Kier alpha value is -2.39. The first-order chi connectivity index (χ1) is 17.5. The predicted molar refractivity (Wildman–Crippen MR) is 173 cm³/mol. The molecule has 1 N–H and O–H groups in total. The number of piperidine rings is 1. The molecule has 0 saturated carbocycles. The van der Waals surface area contributed by atoms with Gasteiger partial charge in [-0.1, -0.05) is 70.7 Å². The molecule has 1 unspecified atom stereocenters. The zero-order valence-corrected chi connectivity index (χ0v) is 27.2. The molecule has 0 aliphatic carbocycles. The molecule has 1 saturated heterocycles. The number of hydrazone groups is 1. The van der Waals surface area contributed by atoms with Gasteiger partial charge in [0.25, 0.3) is 0 Å². The highest BCUT2D eigenvalue weighted by Gasteiger charge is 2.35. The molecule has 0 radical (unpaired) electrons. The number of nitrogens with one attached hydrogen (secondary N) is 1. The molecule has 1 atom stereocenters. The van der Waals surface area contributed by atoms with Gasteiger partial charge in [0, 0.05) is 17.3 Å². The Bertz CT molecular complexity index is 959. The molecular weight excluding hydrogens is 462 g/mol. The zero-order valence-electron chi connectivity index (χ0n) is 27.2. The van der Waals surface area contributed by atoms with Crippen molar-refractivity contribution < 1.29 is 0 Å². The summed E-state index contributed by atoms with van der Waals surface area (Å²) in [5.41, 5.74) is 8.45. The second-order valence-electron chi connectivity index (χ2n) is 12.5. The highest BCUT2D eigenvalue weighted by molar-refractivity contribution is 6.08. The molecule has 2 aliphatic rings. The van der Waals surface area contributed by atoms with Gasteiger partial charge in [0.1, 0.15) is 0 Å². The number of nitrogens with zero attached hydrogens (tertiary/aromatic N) is 2. The molecular formula is C35H59N3. The van der Waals surface area contributed by atoms with E-state index in [1.165, 1.54) is 35.1 Å². The van der Waals surface area contributed by atoms with E-state index in [9.17, 15) is 0 Å². The Kier molecular flexibility index (Phi) is 14.9. The fourth-order valence-electron chi connectivity index (χ4n) is 5.17. The Balaban J connectivity index is 0.000000873. The Morgan fingerprint density at radius 3 is 2.03 bits per heavy atom. The summed E-state index contributed by atoms with van der Waals surface area (Å²) in [6.07, 6.45) is 13.7. The van der Waals surface area contributed by atoms with Crippen molar-refractivity contribution in [3.8, 4) is 0 Å². The van der Waals surface area contributed by atoms with Crippen molar-refractivity contribution in [3.63, 3.8) is 0 Å². The molecule has 3 heteroatoms. The van der Waals surface area contributed by atoms with Crippen LogP contribution in [0.25, 0.3) is 0 Å². The molecule has 2 heterocycles. The maximum absolute atomic E-state index is 4.71. The van der Waals surface area contributed by atoms with Crippen molar-refractivity contribution in [1.29, 1.82) is 0 Å². The number of allylic oxidation sites excluding steroid dienone is 9. The molecule has 0 bridgehead atoms. The lowest BCUT2D eigenvalue weighted by molar-refractivity contribution is 0.138. The minimum Gasteiger partial charge on any atom is -0.307 e. The summed E-state index contributed by atoms with van der Waals surface area (Å²) in [6, 6.07) is 0. The number of hydrogen-bond acceptors (Lipinski definition) is 3. The molecule has 0 amide bonds. The average Bonchev–Trinajstić information content (AvgIpc) is 2.78. The minimum atomic E-state index is 0.334. The molecule has 0 spiro atoms. The second-order valence-corrected chi connectivity index (χ2v) is 12.5. The first kappa shape index (κ1) is 35.6. The molecule has 3 nitrogen and oxygen atoms in total. The average molecular weight is 522 g/mol. The van der Waals surface area contributed by atoms with Gasteiger partial charge in [0.2, 0.25) is 0 Å². The van der Waals surface area contributed by atoms with Crippen molar-refractivity contribution in [2.24, 2.45) is 16.9 Å². The number of hydrogen-bond donors (Lipinski definition) is 1. The highest BCUT2D eigenvalue weighted by Crippen LogP contribution is 2.32. The Morgan fingerprint density at radius 1 is 1.08 bits per heavy atom. The SMILES string of the molecule is C=C/C(C)=C(\C=C(/C)C1=NN(C=C(C)C)C(=C)C=C1)CC(C)C(=C)C.CC.CC1CC(C)(C)NC(C)(C)C1. The summed E-state index contributed by atoms with van der Waals surface area (Å²) < 4.78 is 0. The van der Waals surface area contributed by atoms with Crippen LogP contribution in [-0.2, 0) is 0 Å². The minimum absolute atomic E-state index is 0.334. The smallest absolute Gasteiger partial charge is 0.0869 e. The van der Waals surface area contributed by atoms with Crippen LogP contribution in [0, 0.1) is 11.8 Å². The first-order valence-corrected chi connectivity index (χ1v) is 14.3. The monoisotopic (exact) mass is 521 g/mol. The van der Waals surface area contributed by atoms with Crippen LogP contribution in [0.15, 0.2) is 88.9 Å². The highest BCUT2D eigenvalue weighted by atomic mass is 15.5. The molecule has 38 heavy (non-hydrogen) atoms. The van der Waals surface area contributed by atoms with E-state index in [2.05, 4.69) is 107 Å². The van der Waals surface area contributed by atoms with E-state index in [1.54, 1.807) is 0 Å². The molecule has 214 valence electrons. The van der Waals surface area contributed by atoms with Gasteiger partial charge in [0.15, 0.2) is 0 Å². The topological polar surface area (TPSA) is 27.6 Å². The molecule has 0 aromatic rings. The van der Waals surface area contributed by atoms with Gasteiger partial charge >= 0.3 is 0 Å². The maximum Gasteiger partial charge on any atom is 0.0869 e. The van der Waals surface area contributed by atoms with E-state index >= 15 is 0 Å². The van der Waals surface area contributed by atoms with E-state index in [-0.39, 0.29) is 0 Å². The molecule has 2 rings (SSSR count). The van der Waals surface area contributed by atoms with Gasteiger partial charge in [0.05, 0.1) is 11.4 Å². The number of rotatable bonds is 7. The summed E-state index contributed by atoms with van der Waals surface area (Å²) in [5.74, 6) is 1.29. The van der Waals surface area contributed by atoms with E-state index < -0.39 is 0 Å².